The van der Waals surface area contributed by atoms with Crippen LogP contribution in [0.3, 0.4) is 0 Å². The molecule has 2 aromatic rings. The standard InChI is InChI=1S/C12H8BrClFNOS/c13-8-1-2-9(15)7(5-8)6-16-12(17)10-3-4-11(14)18-10/h1-5H,6H2,(H,16,17). The molecule has 1 amide bonds. The predicted octanol–water partition coefficient (Wildman–Crippen LogP) is 4.23. The Kier molecular flexibility index (Phi) is 4.37. The van der Waals surface area contributed by atoms with Crippen LogP contribution in [0, 0.1) is 5.82 Å². The maximum Gasteiger partial charge on any atom is 0.261 e. The Hall–Kier alpha value is -0.910. The summed E-state index contributed by atoms with van der Waals surface area (Å²) in [6.07, 6.45) is 0. The Morgan fingerprint density at radius 1 is 1.39 bits per heavy atom. The lowest BCUT2D eigenvalue weighted by molar-refractivity contribution is 0.0954. The molecule has 1 N–H and O–H groups in total. The molecule has 0 spiro atoms. The Labute approximate surface area is 121 Å². The second kappa shape index (κ2) is 5.82. The Morgan fingerprint density at radius 2 is 2.17 bits per heavy atom. The molecule has 0 unspecified atom stereocenters. The number of thiophene rings is 1. The SMILES string of the molecule is O=C(NCc1cc(Br)ccc1F)c1ccc(Cl)s1. The summed E-state index contributed by atoms with van der Waals surface area (Å²) in [5, 5.41) is 2.65. The minimum absolute atomic E-state index is 0.139. The van der Waals surface area contributed by atoms with Crippen molar-refractivity contribution in [3.05, 3.63) is 55.4 Å². The maximum atomic E-state index is 13.4. The first-order chi connectivity index (χ1) is 8.56. The fraction of sp³-hybridized carbons (Fsp3) is 0.0833. The molecule has 94 valence electrons. The summed E-state index contributed by atoms with van der Waals surface area (Å²) >= 11 is 10.2. The van der Waals surface area contributed by atoms with Crippen molar-refractivity contribution in [3.63, 3.8) is 0 Å². The predicted molar refractivity (Wildman–Crippen MR) is 74.6 cm³/mol. The molecule has 0 aliphatic carbocycles. The summed E-state index contributed by atoms with van der Waals surface area (Å²) in [7, 11) is 0. The van der Waals surface area contributed by atoms with E-state index in [4.69, 9.17) is 11.6 Å². The molecule has 6 heteroatoms. The number of benzene rings is 1. The molecule has 0 fully saturated rings. The van der Waals surface area contributed by atoms with Crippen LogP contribution in [0.2, 0.25) is 4.34 Å². The molecule has 18 heavy (non-hydrogen) atoms. The summed E-state index contributed by atoms with van der Waals surface area (Å²) in [5.74, 6) is -0.603. The quantitative estimate of drug-likeness (QED) is 0.883. The zero-order valence-electron chi connectivity index (χ0n) is 9.04. The normalized spacial score (nSPS) is 10.4. The van der Waals surface area contributed by atoms with Crippen LogP contribution in [-0.2, 0) is 6.54 Å². The molecule has 0 saturated carbocycles. The van der Waals surface area contributed by atoms with Crippen molar-refractivity contribution in [1.29, 1.82) is 0 Å². The lowest BCUT2D eigenvalue weighted by Gasteiger charge is -2.05. The van der Waals surface area contributed by atoms with Crippen LogP contribution in [0.25, 0.3) is 0 Å². The van der Waals surface area contributed by atoms with Gasteiger partial charge in [-0.05, 0) is 30.3 Å². The summed E-state index contributed by atoms with van der Waals surface area (Å²) in [6.45, 7) is 0.139. The molecule has 0 atom stereocenters. The highest BCUT2D eigenvalue weighted by Crippen LogP contribution is 2.21. The van der Waals surface area contributed by atoms with E-state index < -0.39 is 0 Å². The lowest BCUT2D eigenvalue weighted by Crippen LogP contribution is -2.22. The summed E-state index contributed by atoms with van der Waals surface area (Å²) in [5.41, 5.74) is 0.431. The largest absolute Gasteiger partial charge is 0.347 e. The smallest absolute Gasteiger partial charge is 0.261 e. The van der Waals surface area contributed by atoms with E-state index in [0.717, 1.165) is 4.47 Å². The Morgan fingerprint density at radius 3 is 2.83 bits per heavy atom. The zero-order chi connectivity index (χ0) is 13.1. The van der Waals surface area contributed by atoms with Crippen LogP contribution in [-0.4, -0.2) is 5.91 Å². The Bertz CT molecular complexity index is 587. The molecule has 1 heterocycles. The van der Waals surface area contributed by atoms with Crippen LogP contribution < -0.4 is 5.32 Å². The highest BCUT2D eigenvalue weighted by atomic mass is 79.9. The van der Waals surface area contributed by atoms with Gasteiger partial charge in [0.2, 0.25) is 0 Å². The van der Waals surface area contributed by atoms with Crippen molar-refractivity contribution in [2.45, 2.75) is 6.54 Å². The van der Waals surface area contributed by atoms with E-state index in [-0.39, 0.29) is 18.3 Å². The van der Waals surface area contributed by atoms with Crippen molar-refractivity contribution in [1.82, 2.24) is 5.32 Å². The van der Waals surface area contributed by atoms with Gasteiger partial charge in [-0.1, -0.05) is 27.5 Å². The molecule has 2 nitrogen and oxygen atoms in total. The number of carbonyl (C=O) groups is 1. The monoisotopic (exact) mass is 347 g/mol. The van der Waals surface area contributed by atoms with E-state index in [2.05, 4.69) is 21.2 Å². The first-order valence-corrected chi connectivity index (χ1v) is 7.02. The van der Waals surface area contributed by atoms with Crippen LogP contribution in [0.15, 0.2) is 34.8 Å². The molecular formula is C12H8BrClFNOS. The van der Waals surface area contributed by atoms with Gasteiger partial charge in [0, 0.05) is 16.6 Å². The van der Waals surface area contributed by atoms with E-state index in [0.29, 0.717) is 14.8 Å². The van der Waals surface area contributed by atoms with Gasteiger partial charge in [-0.15, -0.1) is 11.3 Å². The van der Waals surface area contributed by atoms with E-state index in [9.17, 15) is 9.18 Å². The van der Waals surface area contributed by atoms with Crippen molar-refractivity contribution in [2.24, 2.45) is 0 Å². The third kappa shape index (κ3) is 3.31. The van der Waals surface area contributed by atoms with Crippen molar-refractivity contribution in [2.75, 3.05) is 0 Å². The average molecular weight is 349 g/mol. The molecule has 0 bridgehead atoms. The Balaban J connectivity index is 2.03. The first kappa shape index (κ1) is 13.5. The second-order valence-electron chi connectivity index (χ2n) is 3.52. The van der Waals surface area contributed by atoms with Gasteiger partial charge < -0.3 is 5.32 Å². The number of carbonyl (C=O) groups excluding carboxylic acids is 1. The van der Waals surface area contributed by atoms with E-state index in [1.54, 1.807) is 24.3 Å². The number of halogens is 3. The summed E-state index contributed by atoms with van der Waals surface area (Å²) < 4.78 is 14.8. The number of rotatable bonds is 3. The third-order valence-electron chi connectivity index (χ3n) is 2.24. The molecule has 0 radical (unpaired) electrons. The number of hydrogen-bond acceptors (Lipinski definition) is 2. The second-order valence-corrected chi connectivity index (χ2v) is 6.15. The fourth-order valence-electron chi connectivity index (χ4n) is 1.38. The van der Waals surface area contributed by atoms with E-state index >= 15 is 0 Å². The van der Waals surface area contributed by atoms with Gasteiger partial charge in [0.25, 0.3) is 5.91 Å². The third-order valence-corrected chi connectivity index (χ3v) is 3.97. The molecule has 1 aromatic carbocycles. The highest BCUT2D eigenvalue weighted by molar-refractivity contribution is 9.10. The van der Waals surface area contributed by atoms with Crippen LogP contribution in [0.4, 0.5) is 4.39 Å². The van der Waals surface area contributed by atoms with Gasteiger partial charge in [0.15, 0.2) is 0 Å². The first-order valence-electron chi connectivity index (χ1n) is 5.04. The number of nitrogens with one attached hydrogen (secondary N) is 1. The summed E-state index contributed by atoms with van der Waals surface area (Å²) in [6, 6.07) is 7.89. The van der Waals surface area contributed by atoms with Gasteiger partial charge in [0.05, 0.1) is 9.21 Å². The van der Waals surface area contributed by atoms with Gasteiger partial charge in [0.1, 0.15) is 5.82 Å². The van der Waals surface area contributed by atoms with Crippen molar-refractivity contribution < 1.29 is 9.18 Å². The average Bonchev–Trinajstić information content (AvgIpc) is 2.77. The molecule has 2 rings (SSSR count). The minimum atomic E-state index is -0.345. The van der Waals surface area contributed by atoms with E-state index in [1.807, 2.05) is 0 Å². The molecule has 1 aromatic heterocycles. The van der Waals surface area contributed by atoms with Crippen LogP contribution in [0.5, 0.6) is 0 Å². The molecule has 0 saturated heterocycles. The van der Waals surface area contributed by atoms with E-state index in [1.165, 1.54) is 17.4 Å². The van der Waals surface area contributed by atoms with Crippen molar-refractivity contribution >= 4 is 44.8 Å². The molecule has 0 aliphatic heterocycles. The maximum absolute atomic E-state index is 13.4. The molecular weight excluding hydrogens is 341 g/mol. The van der Waals surface area contributed by atoms with Crippen LogP contribution >= 0.6 is 38.9 Å². The van der Waals surface area contributed by atoms with Gasteiger partial charge >= 0.3 is 0 Å². The minimum Gasteiger partial charge on any atom is -0.347 e. The topological polar surface area (TPSA) is 29.1 Å². The highest BCUT2D eigenvalue weighted by Gasteiger charge is 2.09. The molecule has 0 aliphatic rings. The number of hydrogen-bond donors (Lipinski definition) is 1. The fourth-order valence-corrected chi connectivity index (χ4v) is 2.75. The van der Waals surface area contributed by atoms with Gasteiger partial charge in [-0.2, -0.15) is 0 Å². The zero-order valence-corrected chi connectivity index (χ0v) is 12.2. The lowest BCUT2D eigenvalue weighted by atomic mass is 10.2. The van der Waals surface area contributed by atoms with Gasteiger partial charge in [-0.3, -0.25) is 4.79 Å². The van der Waals surface area contributed by atoms with Gasteiger partial charge in [-0.25, -0.2) is 4.39 Å². The van der Waals surface area contributed by atoms with Crippen LogP contribution in [0.1, 0.15) is 15.2 Å². The summed E-state index contributed by atoms with van der Waals surface area (Å²) in [4.78, 5) is 12.2. The van der Waals surface area contributed by atoms with Crippen molar-refractivity contribution in [3.8, 4) is 0 Å². The number of amides is 1.